The Hall–Kier alpha value is -2.99. The number of hydrogen-bond donors (Lipinski definition) is 0. The average molecular weight is 471 g/mol. The first-order valence-electron chi connectivity index (χ1n) is 9.46. The summed E-state index contributed by atoms with van der Waals surface area (Å²) in [6, 6.07) is 8.62. The van der Waals surface area contributed by atoms with Crippen LogP contribution in [0.4, 0.5) is 18.0 Å². The molecule has 32 heavy (non-hydrogen) atoms. The summed E-state index contributed by atoms with van der Waals surface area (Å²) in [5, 5.41) is 0.414. The molecule has 2 heterocycles. The highest BCUT2D eigenvalue weighted by atomic mass is 32.2. The number of aromatic nitrogens is 3. The molecule has 8 nitrogen and oxygen atoms in total. The summed E-state index contributed by atoms with van der Waals surface area (Å²) in [5.41, 5.74) is 2.25. The SMILES string of the molecule is CCOC(=O)OCn1c(SOCc2nccc(OCC(F)(F)F)c2C)nc2ccccc21. The van der Waals surface area contributed by atoms with Crippen LogP contribution in [0.15, 0.2) is 41.7 Å². The third kappa shape index (κ3) is 6.26. The van der Waals surface area contributed by atoms with Crippen LogP contribution >= 0.6 is 12.0 Å². The van der Waals surface area contributed by atoms with E-state index < -0.39 is 18.9 Å². The van der Waals surface area contributed by atoms with Crippen LogP contribution in [0.3, 0.4) is 0 Å². The Bertz CT molecular complexity index is 1070. The topological polar surface area (TPSA) is 84.7 Å². The molecule has 12 heteroatoms. The Balaban J connectivity index is 1.69. The molecule has 0 bridgehead atoms. The standard InChI is InChI=1S/C20H20F3N3O5S/c1-3-28-19(27)30-12-26-16-7-5-4-6-14(16)25-18(26)32-31-10-15-13(2)17(8-9-24-15)29-11-20(21,22)23/h4-9H,3,10-12H2,1-2H3. The van der Waals surface area contributed by atoms with Gasteiger partial charge in [-0.1, -0.05) is 12.1 Å². The lowest BCUT2D eigenvalue weighted by molar-refractivity contribution is -0.153. The van der Waals surface area contributed by atoms with Crippen molar-refractivity contribution in [1.82, 2.24) is 14.5 Å². The van der Waals surface area contributed by atoms with E-state index >= 15 is 0 Å². The van der Waals surface area contributed by atoms with Crippen molar-refractivity contribution in [1.29, 1.82) is 0 Å². The number of rotatable bonds is 9. The van der Waals surface area contributed by atoms with Crippen molar-refractivity contribution in [3.63, 3.8) is 0 Å². The van der Waals surface area contributed by atoms with Crippen molar-refractivity contribution < 1.29 is 36.4 Å². The normalized spacial score (nSPS) is 11.5. The molecule has 0 saturated heterocycles. The molecule has 0 atom stereocenters. The van der Waals surface area contributed by atoms with Gasteiger partial charge in [-0.15, -0.1) is 0 Å². The Morgan fingerprint density at radius 2 is 1.97 bits per heavy atom. The third-order valence-corrected chi connectivity index (χ3v) is 4.87. The van der Waals surface area contributed by atoms with Gasteiger partial charge in [-0.2, -0.15) is 13.2 Å². The Morgan fingerprint density at radius 3 is 2.72 bits per heavy atom. The minimum Gasteiger partial charge on any atom is -0.484 e. The molecule has 0 aliphatic rings. The monoisotopic (exact) mass is 471 g/mol. The molecule has 0 fully saturated rings. The van der Waals surface area contributed by atoms with Gasteiger partial charge in [0.1, 0.15) is 12.4 Å². The first kappa shape index (κ1) is 23.7. The number of imidazole rings is 1. The second-order valence-corrected chi connectivity index (χ2v) is 7.17. The Labute approximate surface area is 185 Å². The zero-order chi connectivity index (χ0) is 23.1. The minimum absolute atomic E-state index is 0.0122. The lowest BCUT2D eigenvalue weighted by Crippen LogP contribution is -2.19. The molecule has 2 aromatic heterocycles. The van der Waals surface area contributed by atoms with Crippen LogP contribution in [0.1, 0.15) is 18.2 Å². The predicted octanol–water partition coefficient (Wildman–Crippen LogP) is 5.04. The van der Waals surface area contributed by atoms with E-state index in [0.717, 1.165) is 17.6 Å². The van der Waals surface area contributed by atoms with Crippen molar-refractivity contribution in [3.8, 4) is 5.75 Å². The number of ether oxygens (including phenoxy) is 3. The smallest absolute Gasteiger partial charge is 0.484 e. The van der Waals surface area contributed by atoms with E-state index in [-0.39, 0.29) is 25.7 Å². The molecule has 1 aromatic carbocycles. The van der Waals surface area contributed by atoms with Crippen LogP contribution in [0.2, 0.25) is 0 Å². The number of pyridine rings is 1. The number of hydrogen-bond acceptors (Lipinski definition) is 8. The highest BCUT2D eigenvalue weighted by Gasteiger charge is 2.28. The van der Waals surface area contributed by atoms with Crippen molar-refractivity contribution in [3.05, 3.63) is 47.8 Å². The van der Waals surface area contributed by atoms with E-state index in [1.54, 1.807) is 24.5 Å². The van der Waals surface area contributed by atoms with Crippen LogP contribution in [0.25, 0.3) is 11.0 Å². The molecule has 3 aromatic rings. The molecule has 172 valence electrons. The van der Waals surface area contributed by atoms with Crippen LogP contribution < -0.4 is 4.74 Å². The van der Waals surface area contributed by atoms with Crippen LogP contribution in [0, 0.1) is 6.92 Å². The number of fused-ring (bicyclic) bond motifs is 1. The minimum atomic E-state index is -4.44. The quantitative estimate of drug-likeness (QED) is 0.317. The van der Waals surface area contributed by atoms with E-state index in [1.807, 2.05) is 18.2 Å². The second-order valence-electron chi connectivity index (χ2n) is 6.40. The van der Waals surface area contributed by atoms with Gasteiger partial charge in [0.2, 0.25) is 0 Å². The lowest BCUT2D eigenvalue weighted by Gasteiger charge is -2.13. The highest BCUT2D eigenvalue weighted by Crippen LogP contribution is 2.28. The number of carbonyl (C=O) groups excluding carboxylic acids is 1. The average Bonchev–Trinajstić information content (AvgIpc) is 3.09. The molecular formula is C20H20F3N3O5S. The predicted molar refractivity (Wildman–Crippen MR) is 109 cm³/mol. The fourth-order valence-electron chi connectivity index (χ4n) is 2.68. The first-order valence-corrected chi connectivity index (χ1v) is 10.2. The third-order valence-electron chi connectivity index (χ3n) is 4.17. The van der Waals surface area contributed by atoms with Crippen LogP contribution in [-0.4, -0.2) is 40.1 Å². The maximum Gasteiger partial charge on any atom is 0.510 e. The number of nitrogens with zero attached hydrogens (tertiary/aromatic N) is 3. The maximum absolute atomic E-state index is 12.4. The number of para-hydroxylation sites is 2. The molecule has 0 spiro atoms. The van der Waals surface area contributed by atoms with E-state index in [0.29, 0.717) is 21.9 Å². The molecule has 0 aliphatic heterocycles. The molecular weight excluding hydrogens is 451 g/mol. The zero-order valence-electron chi connectivity index (χ0n) is 17.2. The molecule has 0 N–H and O–H groups in total. The van der Waals surface area contributed by atoms with Gasteiger partial charge in [0.15, 0.2) is 18.5 Å². The van der Waals surface area contributed by atoms with Crippen molar-refractivity contribution in [2.75, 3.05) is 13.2 Å². The summed E-state index contributed by atoms with van der Waals surface area (Å²) < 4.78 is 59.3. The lowest BCUT2D eigenvalue weighted by atomic mass is 10.2. The first-order chi connectivity index (χ1) is 15.3. The summed E-state index contributed by atoms with van der Waals surface area (Å²) in [4.78, 5) is 20.2. The summed E-state index contributed by atoms with van der Waals surface area (Å²) in [6.07, 6.45) is -3.89. The van der Waals surface area contributed by atoms with E-state index in [9.17, 15) is 18.0 Å². The van der Waals surface area contributed by atoms with Gasteiger partial charge in [-0.25, -0.2) is 9.78 Å². The Morgan fingerprint density at radius 1 is 1.19 bits per heavy atom. The summed E-state index contributed by atoms with van der Waals surface area (Å²) in [6.45, 7) is 1.92. The fourth-order valence-corrected chi connectivity index (χ4v) is 3.33. The van der Waals surface area contributed by atoms with Gasteiger partial charge >= 0.3 is 12.3 Å². The number of carbonyl (C=O) groups is 1. The van der Waals surface area contributed by atoms with Crippen molar-refractivity contribution in [2.45, 2.75) is 38.5 Å². The summed E-state index contributed by atoms with van der Waals surface area (Å²) >= 11 is 0.924. The van der Waals surface area contributed by atoms with Gasteiger partial charge in [0.05, 0.1) is 35.4 Å². The maximum atomic E-state index is 12.4. The van der Waals surface area contributed by atoms with Gasteiger partial charge in [-0.05, 0) is 32.0 Å². The van der Waals surface area contributed by atoms with Gasteiger partial charge in [-0.3, -0.25) is 9.55 Å². The molecule has 0 radical (unpaired) electrons. The van der Waals surface area contributed by atoms with E-state index in [2.05, 4.69) is 9.97 Å². The zero-order valence-corrected chi connectivity index (χ0v) is 18.0. The second kappa shape index (κ2) is 10.6. The highest BCUT2D eigenvalue weighted by molar-refractivity contribution is 7.94. The molecule has 0 amide bonds. The number of alkyl halides is 3. The molecule has 0 unspecified atom stereocenters. The summed E-state index contributed by atoms with van der Waals surface area (Å²) in [5.74, 6) is 0.0796. The molecule has 3 rings (SSSR count). The summed E-state index contributed by atoms with van der Waals surface area (Å²) in [7, 11) is 0. The van der Waals surface area contributed by atoms with Crippen molar-refractivity contribution >= 4 is 29.2 Å². The van der Waals surface area contributed by atoms with E-state index in [4.69, 9.17) is 18.4 Å². The molecule has 0 saturated carbocycles. The van der Waals surface area contributed by atoms with E-state index in [1.165, 1.54) is 12.3 Å². The number of halogens is 3. The Kier molecular flexibility index (Phi) is 7.80. The van der Waals surface area contributed by atoms with Crippen LogP contribution in [-0.2, 0) is 27.0 Å². The van der Waals surface area contributed by atoms with Gasteiger partial charge in [0.25, 0.3) is 0 Å². The number of benzene rings is 1. The molecule has 0 aliphatic carbocycles. The van der Waals surface area contributed by atoms with Gasteiger partial charge in [0, 0.05) is 11.8 Å². The van der Waals surface area contributed by atoms with Crippen LogP contribution in [0.5, 0.6) is 5.75 Å². The van der Waals surface area contributed by atoms with Crippen molar-refractivity contribution in [2.24, 2.45) is 0 Å². The van der Waals surface area contributed by atoms with Gasteiger partial charge < -0.3 is 18.4 Å². The fraction of sp³-hybridized carbons (Fsp3) is 0.350. The largest absolute Gasteiger partial charge is 0.510 e.